The molecule has 160 valence electrons. The molecule has 0 radical (unpaired) electrons. The smallest absolute Gasteiger partial charge is 0.318 e. The Balaban J connectivity index is 1.48. The van der Waals surface area contributed by atoms with Gasteiger partial charge >= 0.3 is 6.03 Å². The number of nitrogens with zero attached hydrogens (tertiary/aromatic N) is 2. The molecule has 0 aliphatic carbocycles. The zero-order valence-electron chi connectivity index (χ0n) is 18.0. The highest BCUT2D eigenvalue weighted by Crippen LogP contribution is 2.25. The van der Waals surface area contributed by atoms with E-state index in [1.165, 1.54) is 0 Å². The van der Waals surface area contributed by atoms with Crippen LogP contribution < -0.4 is 10.6 Å². The van der Waals surface area contributed by atoms with Gasteiger partial charge in [-0.3, -0.25) is 4.79 Å². The topological polar surface area (TPSA) is 85.2 Å². The predicted molar refractivity (Wildman–Crippen MR) is 124 cm³/mol. The van der Waals surface area contributed by atoms with Gasteiger partial charge in [-0.05, 0) is 54.3 Å². The standard InChI is InChI=1S/C26H24N4O2/c1-17(20-10-12-21(13-11-20)22-8-5-6-19(14-22)15-27)28-26(32)30-16-23-7-3-4-9-24(23)29-25(31)18(30)2/h3-14,17-18H,16H2,1-2H3,(H,28,32)(H,29,31). The van der Waals surface area contributed by atoms with Crippen molar-refractivity contribution in [2.75, 3.05) is 5.32 Å². The minimum Gasteiger partial charge on any atom is -0.331 e. The highest BCUT2D eigenvalue weighted by Gasteiger charge is 2.30. The van der Waals surface area contributed by atoms with Crippen LogP contribution in [0.2, 0.25) is 0 Å². The van der Waals surface area contributed by atoms with E-state index in [0.29, 0.717) is 12.1 Å². The lowest BCUT2D eigenvalue weighted by molar-refractivity contribution is -0.119. The fraction of sp³-hybridized carbons (Fsp3) is 0.192. The summed E-state index contributed by atoms with van der Waals surface area (Å²) in [6, 6.07) is 23.9. The third-order valence-electron chi connectivity index (χ3n) is 5.80. The number of anilines is 1. The summed E-state index contributed by atoms with van der Waals surface area (Å²) < 4.78 is 0. The average molecular weight is 425 g/mol. The molecule has 3 aromatic carbocycles. The second-order valence-electron chi connectivity index (χ2n) is 7.94. The number of amides is 3. The Bertz CT molecular complexity index is 1200. The number of nitriles is 1. The molecular formula is C26H24N4O2. The summed E-state index contributed by atoms with van der Waals surface area (Å²) in [6.07, 6.45) is 0. The van der Waals surface area contributed by atoms with E-state index in [9.17, 15) is 9.59 Å². The van der Waals surface area contributed by atoms with Crippen LogP contribution in [0.15, 0.2) is 72.8 Å². The van der Waals surface area contributed by atoms with Gasteiger partial charge in [-0.15, -0.1) is 0 Å². The first kappa shape index (κ1) is 21.1. The van der Waals surface area contributed by atoms with Crippen molar-refractivity contribution in [3.05, 3.63) is 89.5 Å². The van der Waals surface area contributed by atoms with Crippen molar-refractivity contribution in [1.82, 2.24) is 10.2 Å². The first-order valence-corrected chi connectivity index (χ1v) is 10.5. The largest absolute Gasteiger partial charge is 0.331 e. The highest BCUT2D eigenvalue weighted by molar-refractivity contribution is 5.98. The molecule has 0 aromatic heterocycles. The van der Waals surface area contributed by atoms with Gasteiger partial charge in [0.15, 0.2) is 0 Å². The molecule has 0 spiro atoms. The number of hydrogen-bond donors (Lipinski definition) is 2. The van der Waals surface area contributed by atoms with Gasteiger partial charge in [-0.2, -0.15) is 5.26 Å². The number of carbonyl (C=O) groups excluding carboxylic acids is 2. The van der Waals surface area contributed by atoms with Crippen LogP contribution in [0.3, 0.4) is 0 Å². The quantitative estimate of drug-likeness (QED) is 0.631. The number of rotatable bonds is 3. The lowest BCUT2D eigenvalue weighted by Crippen LogP contribution is -2.48. The van der Waals surface area contributed by atoms with E-state index >= 15 is 0 Å². The number of hydrogen-bond acceptors (Lipinski definition) is 3. The first-order chi connectivity index (χ1) is 15.5. The zero-order chi connectivity index (χ0) is 22.7. The molecule has 1 heterocycles. The van der Waals surface area contributed by atoms with E-state index in [1.54, 1.807) is 17.9 Å². The van der Waals surface area contributed by atoms with E-state index in [1.807, 2.05) is 73.7 Å². The number of para-hydroxylation sites is 1. The zero-order valence-corrected chi connectivity index (χ0v) is 18.0. The Morgan fingerprint density at radius 3 is 2.59 bits per heavy atom. The van der Waals surface area contributed by atoms with Crippen molar-refractivity contribution in [3.63, 3.8) is 0 Å². The SMILES string of the molecule is CC(NC(=O)N1Cc2ccccc2NC(=O)C1C)c1ccc(-c2cccc(C#N)c2)cc1. The van der Waals surface area contributed by atoms with Crippen LogP contribution in [0.4, 0.5) is 10.5 Å². The normalized spacial score (nSPS) is 16.2. The van der Waals surface area contributed by atoms with Crippen LogP contribution in [0, 0.1) is 11.3 Å². The van der Waals surface area contributed by atoms with Gasteiger partial charge in [-0.25, -0.2) is 4.79 Å². The second kappa shape index (κ2) is 8.94. The molecule has 0 fully saturated rings. The molecule has 1 aliphatic heterocycles. The molecular weight excluding hydrogens is 400 g/mol. The fourth-order valence-corrected chi connectivity index (χ4v) is 3.81. The molecule has 2 unspecified atom stereocenters. The summed E-state index contributed by atoms with van der Waals surface area (Å²) in [5.74, 6) is -0.207. The Morgan fingerprint density at radius 1 is 1.09 bits per heavy atom. The average Bonchev–Trinajstić information content (AvgIpc) is 2.95. The molecule has 3 aromatic rings. The van der Waals surface area contributed by atoms with Crippen molar-refractivity contribution < 1.29 is 9.59 Å². The van der Waals surface area contributed by atoms with Crippen molar-refractivity contribution in [2.45, 2.75) is 32.5 Å². The summed E-state index contributed by atoms with van der Waals surface area (Å²) in [5.41, 5.74) is 5.17. The van der Waals surface area contributed by atoms with Gasteiger partial charge in [0.25, 0.3) is 0 Å². The molecule has 0 saturated heterocycles. The highest BCUT2D eigenvalue weighted by atomic mass is 16.2. The maximum atomic E-state index is 13.1. The van der Waals surface area contributed by atoms with Gasteiger partial charge in [0.2, 0.25) is 5.91 Å². The van der Waals surface area contributed by atoms with E-state index in [4.69, 9.17) is 5.26 Å². The Morgan fingerprint density at radius 2 is 1.84 bits per heavy atom. The van der Waals surface area contributed by atoms with Crippen molar-refractivity contribution in [1.29, 1.82) is 5.26 Å². The number of fused-ring (bicyclic) bond motifs is 1. The van der Waals surface area contributed by atoms with E-state index in [0.717, 1.165) is 27.9 Å². The molecule has 32 heavy (non-hydrogen) atoms. The van der Waals surface area contributed by atoms with Gasteiger partial charge < -0.3 is 15.5 Å². The van der Waals surface area contributed by atoms with Crippen molar-refractivity contribution >= 4 is 17.6 Å². The third kappa shape index (κ3) is 4.33. The summed E-state index contributed by atoms with van der Waals surface area (Å²) in [5, 5.41) is 15.0. The molecule has 2 N–H and O–H groups in total. The molecule has 1 aliphatic rings. The minimum atomic E-state index is -0.593. The summed E-state index contributed by atoms with van der Waals surface area (Å²) in [4.78, 5) is 27.1. The summed E-state index contributed by atoms with van der Waals surface area (Å²) in [6.45, 7) is 4.00. The van der Waals surface area contributed by atoms with Crippen molar-refractivity contribution in [3.8, 4) is 17.2 Å². The van der Waals surface area contributed by atoms with E-state index in [2.05, 4.69) is 16.7 Å². The molecule has 0 bridgehead atoms. The van der Waals surface area contributed by atoms with Crippen LogP contribution in [-0.4, -0.2) is 22.9 Å². The molecule has 3 amide bonds. The van der Waals surface area contributed by atoms with Gasteiger partial charge in [0, 0.05) is 5.69 Å². The van der Waals surface area contributed by atoms with Crippen LogP contribution in [0.1, 0.15) is 36.6 Å². The number of benzene rings is 3. The van der Waals surface area contributed by atoms with Crippen LogP contribution in [0.5, 0.6) is 0 Å². The third-order valence-corrected chi connectivity index (χ3v) is 5.80. The Hall–Kier alpha value is -4.11. The lowest BCUT2D eigenvalue weighted by atomic mass is 10.00. The molecule has 6 nitrogen and oxygen atoms in total. The lowest BCUT2D eigenvalue weighted by Gasteiger charge is -2.28. The fourth-order valence-electron chi connectivity index (χ4n) is 3.81. The maximum Gasteiger partial charge on any atom is 0.318 e. The van der Waals surface area contributed by atoms with Gasteiger partial charge in [-0.1, -0.05) is 54.6 Å². The van der Waals surface area contributed by atoms with E-state index in [-0.39, 0.29) is 18.0 Å². The van der Waals surface area contributed by atoms with Gasteiger partial charge in [0.1, 0.15) is 6.04 Å². The summed E-state index contributed by atoms with van der Waals surface area (Å²) in [7, 11) is 0. The predicted octanol–water partition coefficient (Wildman–Crippen LogP) is 4.84. The second-order valence-corrected chi connectivity index (χ2v) is 7.94. The summed E-state index contributed by atoms with van der Waals surface area (Å²) >= 11 is 0. The monoisotopic (exact) mass is 424 g/mol. The number of urea groups is 1. The van der Waals surface area contributed by atoms with Gasteiger partial charge in [0.05, 0.1) is 24.2 Å². The van der Waals surface area contributed by atoms with Crippen LogP contribution in [0.25, 0.3) is 11.1 Å². The van der Waals surface area contributed by atoms with Crippen LogP contribution >= 0.6 is 0 Å². The molecule has 4 rings (SSSR count). The Labute approximate surface area is 187 Å². The van der Waals surface area contributed by atoms with E-state index < -0.39 is 6.04 Å². The number of carbonyl (C=O) groups is 2. The molecule has 0 saturated carbocycles. The number of nitrogens with one attached hydrogen (secondary N) is 2. The molecule has 2 atom stereocenters. The van der Waals surface area contributed by atoms with Crippen molar-refractivity contribution in [2.24, 2.45) is 0 Å². The first-order valence-electron chi connectivity index (χ1n) is 10.5. The molecule has 6 heteroatoms. The Kier molecular flexibility index (Phi) is 5.91. The maximum absolute atomic E-state index is 13.1. The van der Waals surface area contributed by atoms with Crippen LogP contribution in [-0.2, 0) is 11.3 Å². The minimum absolute atomic E-state index is 0.207.